The third-order valence-corrected chi connectivity index (χ3v) is 7.29. The van der Waals surface area contributed by atoms with Crippen LogP contribution in [-0.4, -0.2) is 0 Å². The van der Waals surface area contributed by atoms with Crippen LogP contribution in [-0.2, 0) is 0 Å². The lowest BCUT2D eigenvalue weighted by Crippen LogP contribution is -1.91. The quantitative estimate of drug-likeness (QED) is 0.210. The second kappa shape index (κ2) is 8.08. The zero-order chi connectivity index (χ0) is 39.3. The van der Waals surface area contributed by atoms with E-state index in [0.29, 0.717) is 27.5 Å². The normalized spacial score (nSPS) is 17.2. The largest absolute Gasteiger partial charge is 0.464 e. The molecule has 2 heterocycles. The molecule has 0 aliphatic rings. The lowest BCUT2D eigenvalue weighted by Gasteiger charge is -2.18. The van der Waals surface area contributed by atoms with Crippen LogP contribution >= 0.6 is 0 Å². The minimum atomic E-state index is -0.762. The van der Waals surface area contributed by atoms with Crippen LogP contribution in [0.3, 0.4) is 0 Å². The van der Waals surface area contributed by atoms with E-state index in [1.165, 1.54) is 6.26 Å². The highest BCUT2D eigenvalue weighted by atomic mass is 16.3. The summed E-state index contributed by atoms with van der Waals surface area (Å²) in [6, 6.07) is -0.0734. The van der Waals surface area contributed by atoms with Gasteiger partial charge in [0.25, 0.3) is 0 Å². The van der Waals surface area contributed by atoms with E-state index in [1.54, 1.807) is 36.4 Å². The molecule has 0 aliphatic carbocycles. The lowest BCUT2D eigenvalue weighted by atomic mass is 9.84. The summed E-state index contributed by atoms with van der Waals surface area (Å²) < 4.78 is 145. The van der Waals surface area contributed by atoms with Gasteiger partial charge in [0.2, 0.25) is 0 Å². The molecule has 0 unspecified atom stereocenters. The molecule has 40 heavy (non-hydrogen) atoms. The van der Waals surface area contributed by atoms with E-state index in [-0.39, 0.29) is 38.2 Å². The molecule has 0 radical (unpaired) electrons. The molecule has 0 bridgehead atoms. The van der Waals surface area contributed by atoms with Gasteiger partial charge in [-0.25, -0.2) is 0 Å². The van der Waals surface area contributed by atoms with Gasteiger partial charge >= 0.3 is 0 Å². The maximum Gasteiger partial charge on any atom is 0.136 e. The summed E-state index contributed by atoms with van der Waals surface area (Å²) in [6.07, 6.45) is 1.53. The first-order valence-corrected chi connectivity index (χ1v) is 12.4. The number of benzene rings is 7. The van der Waals surface area contributed by atoms with Gasteiger partial charge < -0.3 is 8.83 Å². The van der Waals surface area contributed by atoms with Crippen molar-refractivity contribution in [1.29, 1.82) is 0 Å². The van der Waals surface area contributed by atoms with Crippen LogP contribution in [0.2, 0.25) is 0 Å². The maximum absolute atomic E-state index is 9.30. The van der Waals surface area contributed by atoms with E-state index < -0.39 is 107 Å². The van der Waals surface area contributed by atoms with Gasteiger partial charge in [-0.05, 0) is 84.9 Å². The van der Waals surface area contributed by atoms with Crippen molar-refractivity contribution >= 4 is 65.2 Å². The van der Waals surface area contributed by atoms with Crippen LogP contribution < -0.4 is 0 Å². The number of hydrogen-bond acceptors (Lipinski definition) is 2. The predicted molar refractivity (Wildman–Crippen MR) is 167 cm³/mol. The monoisotopic (exact) mass is 525 g/mol. The molecular weight excluding hydrogens is 488 g/mol. The fourth-order valence-electron chi connectivity index (χ4n) is 5.64. The summed E-state index contributed by atoms with van der Waals surface area (Å²) in [4.78, 5) is 0. The Kier molecular flexibility index (Phi) is 2.39. The Morgan fingerprint density at radius 3 is 1.88 bits per heavy atom. The van der Waals surface area contributed by atoms with Crippen molar-refractivity contribution in [1.82, 2.24) is 0 Å². The minimum absolute atomic E-state index is 0.00400. The van der Waals surface area contributed by atoms with Crippen molar-refractivity contribution in [3.63, 3.8) is 0 Å². The fourth-order valence-corrected chi connectivity index (χ4v) is 5.64. The lowest BCUT2D eigenvalue weighted by molar-refractivity contribution is 0.615. The van der Waals surface area contributed by atoms with E-state index in [1.807, 2.05) is 0 Å². The van der Waals surface area contributed by atoms with E-state index in [0.717, 1.165) is 5.39 Å². The zero-order valence-corrected chi connectivity index (χ0v) is 20.4. The van der Waals surface area contributed by atoms with E-state index in [4.69, 9.17) is 22.5 Å². The molecule has 0 N–H and O–H groups in total. The van der Waals surface area contributed by atoms with Crippen LogP contribution in [0, 0.1) is 0 Å². The molecule has 9 aromatic rings. The van der Waals surface area contributed by atoms with Crippen LogP contribution in [0.5, 0.6) is 0 Å². The van der Waals surface area contributed by atoms with Gasteiger partial charge in [-0.15, -0.1) is 0 Å². The first-order valence-electron chi connectivity index (χ1n) is 19.9. The molecule has 0 spiro atoms. The Bertz CT molecular complexity index is 3180. The number of hydrogen-bond donors (Lipinski definition) is 0. The van der Waals surface area contributed by atoms with Crippen molar-refractivity contribution in [2.75, 3.05) is 0 Å². The van der Waals surface area contributed by atoms with E-state index >= 15 is 0 Å². The minimum Gasteiger partial charge on any atom is -0.464 e. The number of rotatable bonds is 2. The molecule has 186 valence electrons. The highest BCUT2D eigenvalue weighted by Gasteiger charge is 2.19. The highest BCUT2D eigenvalue weighted by molar-refractivity contribution is 6.25. The van der Waals surface area contributed by atoms with Crippen LogP contribution in [0.1, 0.15) is 20.6 Å². The standard InChI is InChI=1S/C38H22O2/c1-2-10-25-23(8-1)9-7-15-26(25)37-29-13-5-3-11-27(29)36(28-12-4-6-14-30(28)37)24-16-17-34-32(22-24)38-31-20-21-39-33(31)18-19-35(38)40-34/h1-22H/i1D,2D,3D,4D,5D,6D,7D,8D,9D,10D,11D,12D,13D,14D,15D. The average Bonchev–Trinajstić information content (AvgIpc) is 3.81. The maximum atomic E-state index is 9.30. The van der Waals surface area contributed by atoms with Crippen molar-refractivity contribution in [3.05, 3.63) is 133 Å². The Balaban J connectivity index is 1.61. The third kappa shape index (κ3) is 2.93. The Hall–Kier alpha value is -5.34. The summed E-state index contributed by atoms with van der Waals surface area (Å²) in [5, 5.41) is 0.106. The molecule has 7 aromatic carbocycles. The molecule has 2 aromatic heterocycles. The van der Waals surface area contributed by atoms with Gasteiger partial charge in [0.05, 0.1) is 26.8 Å². The summed E-state index contributed by atoms with van der Waals surface area (Å²) in [5.41, 5.74) is 1.04. The van der Waals surface area contributed by atoms with Crippen LogP contribution in [0.4, 0.5) is 0 Å². The summed E-state index contributed by atoms with van der Waals surface area (Å²) in [7, 11) is 0. The van der Waals surface area contributed by atoms with E-state index in [9.17, 15) is 6.85 Å². The van der Waals surface area contributed by atoms with Gasteiger partial charge in [0, 0.05) is 16.2 Å². The third-order valence-electron chi connectivity index (χ3n) is 7.29. The molecular formula is C38H22O2. The topological polar surface area (TPSA) is 26.3 Å². The van der Waals surface area contributed by atoms with Gasteiger partial charge in [0.1, 0.15) is 16.7 Å². The second-order valence-corrected chi connectivity index (χ2v) is 9.33. The summed E-state index contributed by atoms with van der Waals surface area (Å²) in [6.45, 7) is 0. The molecule has 2 heteroatoms. The van der Waals surface area contributed by atoms with Crippen molar-refractivity contribution in [3.8, 4) is 22.3 Å². The Labute approximate surface area is 250 Å². The molecule has 2 nitrogen and oxygen atoms in total. The molecule has 0 amide bonds. The second-order valence-electron chi connectivity index (χ2n) is 9.33. The van der Waals surface area contributed by atoms with Crippen molar-refractivity contribution < 1.29 is 29.4 Å². The summed E-state index contributed by atoms with van der Waals surface area (Å²) >= 11 is 0. The first kappa shape index (κ1) is 11.8. The first-order chi connectivity index (χ1) is 26.1. The number of furan rings is 2. The van der Waals surface area contributed by atoms with Gasteiger partial charge in [-0.2, -0.15) is 0 Å². The molecule has 0 fully saturated rings. The molecule has 0 atom stereocenters. The Morgan fingerprint density at radius 1 is 0.475 bits per heavy atom. The van der Waals surface area contributed by atoms with Crippen LogP contribution in [0.15, 0.2) is 142 Å². The zero-order valence-electron chi connectivity index (χ0n) is 35.4. The summed E-state index contributed by atoms with van der Waals surface area (Å²) in [5.74, 6) is 0. The number of fused-ring (bicyclic) bond motifs is 8. The molecule has 0 saturated heterocycles. The van der Waals surface area contributed by atoms with Gasteiger partial charge in [-0.1, -0.05) is 96.7 Å². The molecule has 9 rings (SSSR count). The van der Waals surface area contributed by atoms with E-state index in [2.05, 4.69) is 0 Å². The van der Waals surface area contributed by atoms with Crippen LogP contribution in [0.25, 0.3) is 87.5 Å². The molecule has 0 aliphatic heterocycles. The fraction of sp³-hybridized carbons (Fsp3) is 0. The van der Waals surface area contributed by atoms with Crippen molar-refractivity contribution in [2.24, 2.45) is 0 Å². The Morgan fingerprint density at radius 2 is 1.10 bits per heavy atom. The predicted octanol–water partition coefficient (Wildman–Crippen LogP) is 11.1. The molecule has 0 saturated carbocycles. The smallest absolute Gasteiger partial charge is 0.136 e. The van der Waals surface area contributed by atoms with Crippen molar-refractivity contribution in [2.45, 2.75) is 0 Å². The average molecular weight is 526 g/mol. The highest BCUT2D eigenvalue weighted by Crippen LogP contribution is 2.46. The SMILES string of the molecule is [2H]c1c([2H])c([2H])c2c(-c3c4c([2H])c([2H])c([2H])c([2H])c4c(-c4ccc5oc6ccc7occc7c6c5c4)c4c([2H])c([2H])c([2H])c([2H])c34)c([2H])c([2H])c([2H])c2c1[2H]. The van der Waals surface area contributed by atoms with Gasteiger partial charge in [0.15, 0.2) is 0 Å². The van der Waals surface area contributed by atoms with Gasteiger partial charge in [-0.3, -0.25) is 0 Å².